The molecule has 0 aliphatic carbocycles. The molecule has 3 aliphatic rings. The molecule has 4 aromatic heterocycles. The minimum Gasteiger partial charge on any atom is -0.346 e. The predicted octanol–water partition coefficient (Wildman–Crippen LogP) is 4.45. The van der Waals surface area contributed by atoms with Gasteiger partial charge >= 0.3 is 24.0 Å². The first-order chi connectivity index (χ1) is 28.7. The Bertz CT molecular complexity index is 2380. The molecule has 2 radical (unpaired) electrons. The molecule has 2 unspecified atom stereocenters. The third-order valence-corrected chi connectivity index (χ3v) is 12.1. The summed E-state index contributed by atoms with van der Waals surface area (Å²) in [5.41, 5.74) is 1.91. The van der Waals surface area contributed by atoms with Gasteiger partial charge in [0.2, 0.25) is 0 Å². The van der Waals surface area contributed by atoms with E-state index >= 15 is 8.78 Å². The summed E-state index contributed by atoms with van der Waals surface area (Å²) >= 11 is 0. The van der Waals surface area contributed by atoms with Crippen LogP contribution in [0.1, 0.15) is 41.3 Å². The molecule has 3 fully saturated rings. The van der Waals surface area contributed by atoms with E-state index in [1.807, 2.05) is 12.1 Å². The molecule has 20 nitrogen and oxygen atoms in total. The number of alkyl halides is 2. The number of halogens is 2. The van der Waals surface area contributed by atoms with Gasteiger partial charge in [0.15, 0.2) is 53.5 Å². The van der Waals surface area contributed by atoms with Crippen molar-refractivity contribution in [3.05, 3.63) is 66.9 Å². The van der Waals surface area contributed by atoms with Crippen LogP contribution in [0, 0.1) is 29.6 Å². The van der Waals surface area contributed by atoms with Crippen LogP contribution in [-0.2, 0) is 36.6 Å². The molecule has 0 spiro atoms. The summed E-state index contributed by atoms with van der Waals surface area (Å²) in [7, 11) is 0.105. The second-order valence-corrected chi connectivity index (χ2v) is 16.1. The van der Waals surface area contributed by atoms with Gasteiger partial charge in [-0.25, -0.2) is 38.7 Å². The number of anilines is 1. The highest BCUT2D eigenvalue weighted by Crippen LogP contribution is 2.61. The fourth-order valence-electron chi connectivity index (χ4n) is 6.57. The monoisotopic (exact) mass is 850 g/mol. The number of carbonyl (C=O) groups is 1. The van der Waals surface area contributed by atoms with Gasteiger partial charge in [-0.3, -0.25) is 13.9 Å². The summed E-state index contributed by atoms with van der Waals surface area (Å²) < 4.78 is 84.6. The van der Waals surface area contributed by atoms with Gasteiger partial charge in [-0.2, -0.15) is 24.1 Å². The molecule has 10 atom stereocenters. The number of fused-ring (bicyclic) bond motifs is 4. The lowest BCUT2D eigenvalue weighted by Gasteiger charge is -2.29. The highest BCUT2D eigenvalue weighted by Gasteiger charge is 2.57. The maximum absolute atomic E-state index is 16.9. The number of benzene rings is 1. The number of nitrogens with one attached hydrogen (secondary N) is 1. The zero-order valence-electron chi connectivity index (χ0n) is 30.9. The Morgan fingerprint density at radius 3 is 2.29 bits per heavy atom. The molecule has 59 heavy (non-hydrogen) atoms. The van der Waals surface area contributed by atoms with E-state index < -0.39 is 84.8 Å². The number of amides is 1. The lowest BCUT2D eigenvalue weighted by molar-refractivity contribution is -0.0615. The number of aryl methyl sites for hydroxylation is 1. The summed E-state index contributed by atoms with van der Waals surface area (Å²) in [6, 6.07) is 12.3. The average Bonchev–Trinajstić information content (AvgIpc) is 4.01. The molecular weight excluding hydrogens is 817 g/mol. The zero-order chi connectivity index (χ0) is 41.1. The molecule has 0 bridgehead atoms. The van der Waals surface area contributed by atoms with E-state index in [-0.39, 0.29) is 43.0 Å². The maximum atomic E-state index is 16.9. The molecule has 304 valence electrons. The number of imidazole rings is 2. The largest absolute Gasteiger partial charge is 0.488 e. The van der Waals surface area contributed by atoms with Crippen LogP contribution in [0.5, 0.6) is 0 Å². The van der Waals surface area contributed by atoms with Crippen molar-refractivity contribution in [3.8, 4) is 12.1 Å². The van der Waals surface area contributed by atoms with Crippen molar-refractivity contribution < 1.29 is 50.2 Å². The maximum Gasteiger partial charge on any atom is 0.488 e. The Hall–Kier alpha value is -4.77. The molecule has 1 aromatic carbocycles. The lowest BCUT2D eigenvalue weighted by atomic mass is 10.1. The van der Waals surface area contributed by atoms with Gasteiger partial charge in [-0.05, 0) is 19.1 Å². The van der Waals surface area contributed by atoms with Crippen LogP contribution < -0.4 is 5.32 Å². The van der Waals surface area contributed by atoms with Crippen molar-refractivity contribution in [1.82, 2.24) is 39.0 Å². The quantitative estimate of drug-likeness (QED) is 0.116. The van der Waals surface area contributed by atoms with Gasteiger partial charge in [0.05, 0.1) is 56.5 Å². The molecule has 5 aromatic rings. The van der Waals surface area contributed by atoms with Gasteiger partial charge < -0.3 is 28.4 Å². The summed E-state index contributed by atoms with van der Waals surface area (Å²) in [6.07, 6.45) is -7.22. The van der Waals surface area contributed by atoms with Crippen molar-refractivity contribution >= 4 is 58.0 Å². The minimum atomic E-state index is -4.06. The third-order valence-electron chi connectivity index (χ3n) is 9.39. The topological polar surface area (TPSA) is 238 Å². The van der Waals surface area contributed by atoms with Crippen LogP contribution >= 0.6 is 16.4 Å². The van der Waals surface area contributed by atoms with Crippen molar-refractivity contribution in [2.24, 2.45) is 0 Å². The van der Waals surface area contributed by atoms with E-state index in [2.05, 4.69) is 35.2 Å². The fraction of sp³-hybridized carbons (Fsp3) is 0.441. The van der Waals surface area contributed by atoms with E-state index in [1.165, 1.54) is 34.4 Å². The Labute approximate surface area is 337 Å². The van der Waals surface area contributed by atoms with E-state index in [1.54, 1.807) is 37.3 Å². The van der Waals surface area contributed by atoms with Crippen molar-refractivity contribution in [2.45, 2.75) is 69.0 Å². The fourth-order valence-corrected chi connectivity index (χ4v) is 9.22. The molecule has 7 heterocycles. The molecule has 25 heteroatoms. The van der Waals surface area contributed by atoms with Gasteiger partial charge in [0, 0.05) is 5.56 Å². The summed E-state index contributed by atoms with van der Waals surface area (Å²) in [6.45, 7) is 0.367. The first kappa shape index (κ1) is 41.0. The van der Waals surface area contributed by atoms with Crippen molar-refractivity contribution in [2.75, 3.05) is 31.7 Å². The highest BCUT2D eigenvalue weighted by molar-refractivity contribution is 7.85. The number of ether oxygens (including phenoxy) is 2. The molecule has 8 rings (SSSR count). The van der Waals surface area contributed by atoms with Crippen molar-refractivity contribution in [1.29, 1.82) is 10.5 Å². The van der Waals surface area contributed by atoms with E-state index in [0.29, 0.717) is 22.4 Å². The Morgan fingerprint density at radius 2 is 1.56 bits per heavy atom. The van der Waals surface area contributed by atoms with Gasteiger partial charge in [-0.1, -0.05) is 18.2 Å². The molecule has 3 saturated heterocycles. The molecule has 3 aliphatic heterocycles. The van der Waals surface area contributed by atoms with Crippen LogP contribution in [0.4, 0.5) is 14.6 Å². The van der Waals surface area contributed by atoms with Crippen LogP contribution in [-0.4, -0.2) is 116 Å². The third kappa shape index (κ3) is 8.50. The van der Waals surface area contributed by atoms with Gasteiger partial charge in [0.25, 0.3) is 5.91 Å². The highest BCUT2D eigenvalue weighted by atomic mass is 31.2. The van der Waals surface area contributed by atoms with Gasteiger partial charge in [-0.15, -0.1) is 0 Å². The van der Waals surface area contributed by atoms with Gasteiger partial charge in [0.1, 0.15) is 49.7 Å². The predicted molar refractivity (Wildman–Crippen MR) is 201 cm³/mol. The molecular formula is C34H33BF2N11O9P2+. The SMILES string of the molecule is [B][P+]1(OCCC#N)OC[C@H]2O[C@@H](n3cnc4c(NC(=O)c5ccccc5)ncnc43)[C@H](F)[C@@H]2OP(OCCC#N)OC[C@H]2O[C@@H](n3cnc4c(C)ncnc43)[C@H](F)[C@@H]2O1. The lowest BCUT2D eigenvalue weighted by Crippen LogP contribution is -2.38. The number of hydrogen-bond acceptors (Lipinski definition) is 17. The number of carbonyl (C=O) groups excluding carboxylic acids is 1. The van der Waals surface area contributed by atoms with Crippen LogP contribution in [0.2, 0.25) is 0 Å². The molecule has 0 saturated carbocycles. The summed E-state index contributed by atoms with van der Waals surface area (Å²) in [5, 5.41) is 21.1. The average molecular weight is 850 g/mol. The number of nitriles is 2. The summed E-state index contributed by atoms with van der Waals surface area (Å²) in [4.78, 5) is 38.5. The standard InChI is InChI=1S/C34H33BF2N11O9P2/c1-19-25-30(42-15-40-19)47(17-44-25)34-24(37)28-21(54-34)13-51-58(50-11-5-9-38)56-27-22(14-53-59(35,57-28)52-12-6-10-39)55-33(23(27)36)48-18-45-26-29(41-16-43-31(26)48)46-32(49)20-7-3-2-4-8-20/h2-4,7-8,15-18,21-24,27-28,33-34H,5-6,11-14H2,1H3,(H,41,43,46,49)/q+1/t21-,22-,23-,24-,27-,28-,33-,34-,58?,59?/m1/s1. The number of nitrogens with zero attached hydrogens (tertiary/aromatic N) is 10. The van der Waals surface area contributed by atoms with E-state index in [0.717, 1.165) is 0 Å². The van der Waals surface area contributed by atoms with Crippen LogP contribution in [0.3, 0.4) is 0 Å². The first-order valence-electron chi connectivity index (χ1n) is 18.1. The Balaban J connectivity index is 1.09. The number of aromatic nitrogens is 8. The summed E-state index contributed by atoms with van der Waals surface area (Å²) in [5.74, 6) is -0.384. The van der Waals surface area contributed by atoms with Crippen LogP contribution in [0.25, 0.3) is 22.3 Å². The Morgan fingerprint density at radius 1 is 0.915 bits per heavy atom. The van der Waals surface area contributed by atoms with E-state index in [9.17, 15) is 15.3 Å². The first-order valence-corrected chi connectivity index (χ1v) is 20.8. The second kappa shape index (κ2) is 17.8. The van der Waals surface area contributed by atoms with Crippen LogP contribution in [0.15, 0.2) is 55.6 Å². The minimum absolute atomic E-state index is 0.0553. The number of hydrogen-bond donors (Lipinski definition) is 1. The smallest absolute Gasteiger partial charge is 0.346 e. The second-order valence-electron chi connectivity index (χ2n) is 13.1. The zero-order valence-corrected chi connectivity index (χ0v) is 32.7. The van der Waals surface area contributed by atoms with Crippen molar-refractivity contribution in [3.63, 3.8) is 0 Å². The molecule has 1 N–H and O–H groups in total. The normalized spacial score (nSPS) is 29.8. The molecule has 1 amide bonds. The Kier molecular flexibility index (Phi) is 12.4. The number of rotatable bonds is 10. The van der Waals surface area contributed by atoms with E-state index in [4.69, 9.17) is 44.2 Å².